The van der Waals surface area contributed by atoms with E-state index in [1.54, 1.807) is 0 Å². The topological polar surface area (TPSA) is 31.9 Å². The van der Waals surface area contributed by atoms with Crippen molar-refractivity contribution in [1.82, 2.24) is 9.97 Å². The number of H-pyrrole nitrogens is 1. The number of rotatable bonds is 7. The minimum atomic E-state index is 0.956. The van der Waals surface area contributed by atoms with Gasteiger partial charge in [0.2, 0.25) is 0 Å². The molecule has 51 heavy (non-hydrogen) atoms. The Kier molecular flexibility index (Phi) is 7.71. The lowest BCUT2D eigenvalue weighted by Gasteiger charge is -2.28. The van der Waals surface area contributed by atoms with E-state index < -0.39 is 0 Å². The Hall–Kier alpha value is -6.71. The summed E-state index contributed by atoms with van der Waals surface area (Å²) in [6.07, 6.45) is 1.84. The summed E-state index contributed by atoms with van der Waals surface area (Å²) in [5, 5.41) is 2.47. The number of aromatic amines is 1. The summed E-state index contributed by atoms with van der Waals surface area (Å²) in [6.45, 7) is 2.20. The average molecular weight is 654 g/mol. The second kappa shape index (κ2) is 13.0. The molecule has 242 valence electrons. The third-order valence-electron chi connectivity index (χ3n) is 9.79. The Morgan fingerprint density at radius 3 is 1.78 bits per heavy atom. The van der Waals surface area contributed by atoms with Gasteiger partial charge in [0.25, 0.3) is 0 Å². The molecule has 3 nitrogen and oxygen atoms in total. The molecule has 0 aliphatic rings. The van der Waals surface area contributed by atoms with Gasteiger partial charge in [0, 0.05) is 50.7 Å². The Bertz CT molecular complexity index is 2570. The van der Waals surface area contributed by atoms with Crippen LogP contribution >= 0.6 is 0 Å². The number of pyridine rings is 1. The maximum absolute atomic E-state index is 4.61. The summed E-state index contributed by atoms with van der Waals surface area (Å²) in [7, 11) is 0. The van der Waals surface area contributed by atoms with E-state index in [0.29, 0.717) is 0 Å². The molecule has 0 spiro atoms. The van der Waals surface area contributed by atoms with Crippen molar-refractivity contribution in [3.05, 3.63) is 194 Å². The van der Waals surface area contributed by atoms with Crippen molar-refractivity contribution in [3.63, 3.8) is 0 Å². The van der Waals surface area contributed by atoms with Gasteiger partial charge < -0.3 is 9.88 Å². The molecule has 0 unspecified atom stereocenters. The van der Waals surface area contributed by atoms with E-state index in [9.17, 15) is 0 Å². The van der Waals surface area contributed by atoms with Gasteiger partial charge in [0.15, 0.2) is 0 Å². The van der Waals surface area contributed by atoms with Crippen molar-refractivity contribution >= 4 is 38.9 Å². The molecule has 9 aromatic rings. The van der Waals surface area contributed by atoms with Gasteiger partial charge in [0.1, 0.15) is 0 Å². The summed E-state index contributed by atoms with van der Waals surface area (Å²) < 4.78 is 0. The van der Waals surface area contributed by atoms with Crippen molar-refractivity contribution in [3.8, 4) is 44.6 Å². The zero-order valence-corrected chi connectivity index (χ0v) is 28.3. The molecule has 0 atom stereocenters. The van der Waals surface area contributed by atoms with Crippen molar-refractivity contribution in [2.24, 2.45) is 0 Å². The molecule has 0 saturated carbocycles. The van der Waals surface area contributed by atoms with Crippen LogP contribution < -0.4 is 4.90 Å². The van der Waals surface area contributed by atoms with Gasteiger partial charge in [-0.25, -0.2) is 0 Å². The van der Waals surface area contributed by atoms with Crippen molar-refractivity contribution in [1.29, 1.82) is 0 Å². The van der Waals surface area contributed by atoms with Crippen LogP contribution in [0, 0.1) is 6.92 Å². The van der Waals surface area contributed by atoms with Crippen LogP contribution in [0.2, 0.25) is 0 Å². The number of hydrogen-bond acceptors (Lipinski definition) is 2. The molecule has 0 radical (unpaired) electrons. The summed E-state index contributed by atoms with van der Waals surface area (Å²) in [6, 6.07) is 65.0. The quantitative estimate of drug-likeness (QED) is 0.186. The maximum Gasteiger partial charge on any atom is 0.0701 e. The van der Waals surface area contributed by atoms with Gasteiger partial charge in [-0.1, -0.05) is 121 Å². The Balaban J connectivity index is 1.26. The molecule has 3 heteroatoms. The van der Waals surface area contributed by atoms with Crippen molar-refractivity contribution in [2.45, 2.75) is 6.92 Å². The number of benzene rings is 7. The highest BCUT2D eigenvalue weighted by Gasteiger charge is 2.19. The monoisotopic (exact) mass is 653 g/mol. The van der Waals surface area contributed by atoms with E-state index in [2.05, 4.69) is 192 Å². The lowest BCUT2D eigenvalue weighted by molar-refractivity contribution is 1.27. The van der Waals surface area contributed by atoms with Crippen LogP contribution in [-0.4, -0.2) is 9.97 Å². The molecule has 0 bridgehead atoms. The van der Waals surface area contributed by atoms with Gasteiger partial charge in [-0.05, 0) is 101 Å². The van der Waals surface area contributed by atoms with Gasteiger partial charge in [-0.15, -0.1) is 0 Å². The molecule has 2 aromatic heterocycles. The average Bonchev–Trinajstić information content (AvgIpc) is 3.59. The van der Waals surface area contributed by atoms with Crippen LogP contribution in [0.4, 0.5) is 17.1 Å². The number of para-hydroxylation sites is 2. The van der Waals surface area contributed by atoms with Gasteiger partial charge in [-0.3, -0.25) is 4.98 Å². The smallest absolute Gasteiger partial charge is 0.0701 e. The summed E-state index contributed by atoms with van der Waals surface area (Å²) >= 11 is 0. The van der Waals surface area contributed by atoms with Gasteiger partial charge >= 0.3 is 0 Å². The van der Waals surface area contributed by atoms with E-state index >= 15 is 0 Å². The highest BCUT2D eigenvalue weighted by atomic mass is 15.1. The van der Waals surface area contributed by atoms with Crippen LogP contribution in [0.3, 0.4) is 0 Å². The minimum absolute atomic E-state index is 0.956. The van der Waals surface area contributed by atoms with E-state index in [1.807, 2.05) is 18.3 Å². The maximum atomic E-state index is 4.61. The standard InChI is InChI=1S/C48H35N3/c1-33-22-25-40(32-45(33)44-19-12-18-43-42-17-8-9-21-47(42)50-48(43)44)51(39-26-23-36(24-27-39)46-20-10-11-28-49-46)41-30-37(34-13-4-2-5-14-34)29-38(31-41)35-15-6-3-7-16-35/h2-32,50H,1H3. The fraction of sp³-hybridized carbons (Fsp3) is 0.0208. The van der Waals surface area contributed by atoms with E-state index in [1.165, 1.54) is 38.6 Å². The molecule has 9 rings (SSSR count). The van der Waals surface area contributed by atoms with Crippen LogP contribution in [0.1, 0.15) is 5.56 Å². The number of aromatic nitrogens is 2. The largest absolute Gasteiger partial charge is 0.354 e. The number of aryl methyl sites for hydroxylation is 1. The van der Waals surface area contributed by atoms with Crippen LogP contribution in [0.25, 0.3) is 66.4 Å². The Morgan fingerprint density at radius 2 is 1.08 bits per heavy atom. The normalized spacial score (nSPS) is 11.2. The molecule has 1 N–H and O–H groups in total. The SMILES string of the molecule is Cc1ccc(N(c2ccc(-c3ccccn3)cc2)c2cc(-c3ccccc3)cc(-c3ccccc3)c2)cc1-c1cccc2c1[nH]c1ccccc12. The highest BCUT2D eigenvalue weighted by molar-refractivity contribution is 6.12. The van der Waals surface area contributed by atoms with E-state index in [-0.39, 0.29) is 0 Å². The lowest BCUT2D eigenvalue weighted by Crippen LogP contribution is -2.11. The minimum Gasteiger partial charge on any atom is -0.354 e. The van der Waals surface area contributed by atoms with Crippen molar-refractivity contribution in [2.75, 3.05) is 4.90 Å². The first-order valence-corrected chi connectivity index (χ1v) is 17.4. The third-order valence-corrected chi connectivity index (χ3v) is 9.79. The molecular weight excluding hydrogens is 619 g/mol. The fourth-order valence-electron chi connectivity index (χ4n) is 7.23. The molecule has 0 saturated heterocycles. The van der Waals surface area contributed by atoms with Crippen LogP contribution in [-0.2, 0) is 0 Å². The second-order valence-corrected chi connectivity index (χ2v) is 13.0. The zero-order chi connectivity index (χ0) is 34.1. The molecule has 0 aliphatic heterocycles. The molecular formula is C48H35N3. The molecule has 0 aliphatic carbocycles. The van der Waals surface area contributed by atoms with Crippen LogP contribution in [0.15, 0.2) is 188 Å². The zero-order valence-electron chi connectivity index (χ0n) is 28.3. The molecule has 0 fully saturated rings. The summed E-state index contributed by atoms with van der Waals surface area (Å²) in [5.41, 5.74) is 15.9. The number of nitrogens with one attached hydrogen (secondary N) is 1. The number of anilines is 3. The molecule has 7 aromatic carbocycles. The van der Waals surface area contributed by atoms with Crippen LogP contribution in [0.5, 0.6) is 0 Å². The first-order chi connectivity index (χ1) is 25.2. The number of hydrogen-bond donors (Lipinski definition) is 1. The highest BCUT2D eigenvalue weighted by Crippen LogP contribution is 2.43. The predicted octanol–water partition coefficient (Wildman–Crippen LogP) is 13.2. The molecule has 0 amide bonds. The Morgan fingerprint density at radius 1 is 0.431 bits per heavy atom. The van der Waals surface area contributed by atoms with Crippen molar-refractivity contribution < 1.29 is 0 Å². The predicted molar refractivity (Wildman–Crippen MR) is 215 cm³/mol. The fourth-order valence-corrected chi connectivity index (χ4v) is 7.23. The van der Waals surface area contributed by atoms with E-state index in [0.717, 1.165) is 50.5 Å². The third kappa shape index (κ3) is 5.75. The first-order valence-electron chi connectivity index (χ1n) is 17.4. The number of nitrogens with zero attached hydrogens (tertiary/aromatic N) is 2. The first kappa shape index (κ1) is 30.4. The number of fused-ring (bicyclic) bond motifs is 3. The van der Waals surface area contributed by atoms with Gasteiger partial charge in [0.05, 0.1) is 11.2 Å². The summed E-state index contributed by atoms with van der Waals surface area (Å²) in [5.74, 6) is 0. The second-order valence-electron chi connectivity index (χ2n) is 13.0. The Labute approximate surface area is 298 Å². The molecule has 2 heterocycles. The lowest BCUT2D eigenvalue weighted by atomic mass is 9.95. The van der Waals surface area contributed by atoms with E-state index in [4.69, 9.17) is 0 Å². The summed E-state index contributed by atoms with van der Waals surface area (Å²) in [4.78, 5) is 10.7. The van der Waals surface area contributed by atoms with Gasteiger partial charge in [-0.2, -0.15) is 0 Å².